The van der Waals surface area contributed by atoms with Crippen molar-refractivity contribution in [1.29, 1.82) is 0 Å². The maximum atomic E-state index is 15.4. The number of fused-ring (bicyclic) bond motifs is 3. The Morgan fingerprint density at radius 1 is 0.778 bits per heavy atom. The number of rotatable bonds is 13. The van der Waals surface area contributed by atoms with Crippen molar-refractivity contribution in [3.63, 3.8) is 0 Å². The van der Waals surface area contributed by atoms with Gasteiger partial charge in [-0.3, -0.25) is 0 Å². The number of aryl methyl sites for hydroxylation is 1. The Kier molecular flexibility index (Phi) is 10.4. The van der Waals surface area contributed by atoms with E-state index in [9.17, 15) is 0 Å². The van der Waals surface area contributed by atoms with Gasteiger partial charge in [-0.2, -0.15) is 0 Å². The van der Waals surface area contributed by atoms with Gasteiger partial charge in [0.15, 0.2) is 16.1 Å². The molecule has 36 heavy (non-hydrogen) atoms. The highest BCUT2D eigenvalue weighted by molar-refractivity contribution is 7.71. The van der Waals surface area contributed by atoms with Crippen molar-refractivity contribution >= 4 is 34.0 Å². The van der Waals surface area contributed by atoms with Gasteiger partial charge in [-0.25, -0.2) is 4.39 Å². The lowest BCUT2D eigenvalue weighted by molar-refractivity contribution is 0.302. The lowest BCUT2D eigenvalue weighted by Gasteiger charge is -2.29. The molecule has 0 spiro atoms. The highest BCUT2D eigenvalue weighted by atomic mass is 32.1. The summed E-state index contributed by atoms with van der Waals surface area (Å²) in [5.41, 5.74) is 2.44. The molecule has 3 heteroatoms. The number of hydrogen-bond donors (Lipinski definition) is 0. The summed E-state index contributed by atoms with van der Waals surface area (Å²) in [4.78, 5) is 0. The van der Waals surface area contributed by atoms with Crippen molar-refractivity contribution in [2.24, 2.45) is 5.92 Å². The smallest absolute Gasteiger partial charge is 0.198 e. The van der Waals surface area contributed by atoms with E-state index in [0.29, 0.717) is 16.2 Å². The Balaban J connectivity index is 1.45. The maximum Gasteiger partial charge on any atom is 0.198 e. The standard InChI is InChI=1S/C33H45FOS/c1-3-5-7-9-10-12-14-26-19-22-29-28-21-20-27(23-30(28)33(36)35-32(29)31(26)34)25-17-15-24(16-18-25)13-11-8-6-4-2/h19-25H,3-18H2,1-2H3. The van der Waals surface area contributed by atoms with E-state index in [1.165, 1.54) is 89.0 Å². The third-order valence-electron chi connectivity index (χ3n) is 8.51. The fourth-order valence-electron chi connectivity index (χ4n) is 6.21. The second kappa shape index (κ2) is 13.7. The minimum atomic E-state index is -0.226. The molecule has 1 aromatic heterocycles. The van der Waals surface area contributed by atoms with Gasteiger partial charge in [-0.05, 0) is 85.2 Å². The van der Waals surface area contributed by atoms with Crippen LogP contribution in [0.5, 0.6) is 0 Å². The first kappa shape index (κ1) is 27.3. The highest BCUT2D eigenvalue weighted by Gasteiger charge is 2.23. The van der Waals surface area contributed by atoms with Crippen LogP contribution in [-0.4, -0.2) is 0 Å². The summed E-state index contributed by atoms with van der Waals surface area (Å²) in [6.07, 6.45) is 20.1. The van der Waals surface area contributed by atoms with Crippen LogP contribution in [0.3, 0.4) is 0 Å². The van der Waals surface area contributed by atoms with E-state index >= 15 is 4.39 Å². The van der Waals surface area contributed by atoms with Crippen LogP contribution in [-0.2, 0) is 6.42 Å². The molecule has 0 aliphatic heterocycles. The van der Waals surface area contributed by atoms with Gasteiger partial charge in [-0.15, -0.1) is 0 Å². The van der Waals surface area contributed by atoms with Crippen LogP contribution in [0.4, 0.5) is 4.39 Å². The second-order valence-electron chi connectivity index (χ2n) is 11.2. The highest BCUT2D eigenvalue weighted by Crippen LogP contribution is 2.40. The van der Waals surface area contributed by atoms with Gasteiger partial charge in [-0.1, -0.05) is 102 Å². The lowest BCUT2D eigenvalue weighted by Crippen LogP contribution is -2.13. The third-order valence-corrected chi connectivity index (χ3v) is 8.81. The third kappa shape index (κ3) is 6.77. The summed E-state index contributed by atoms with van der Waals surface area (Å²) >= 11 is 5.65. The zero-order chi connectivity index (χ0) is 25.3. The van der Waals surface area contributed by atoms with Crippen LogP contribution >= 0.6 is 12.2 Å². The summed E-state index contributed by atoms with van der Waals surface area (Å²) in [6, 6.07) is 10.6. The molecule has 0 bridgehead atoms. The van der Waals surface area contributed by atoms with Crippen LogP contribution in [0, 0.1) is 16.4 Å². The monoisotopic (exact) mass is 508 g/mol. The minimum Gasteiger partial charge on any atom is -0.441 e. The van der Waals surface area contributed by atoms with Crippen molar-refractivity contribution < 1.29 is 8.81 Å². The molecule has 0 radical (unpaired) electrons. The summed E-state index contributed by atoms with van der Waals surface area (Å²) in [5.74, 6) is 1.28. The molecule has 1 heterocycles. The normalized spacial score (nSPS) is 18.3. The Morgan fingerprint density at radius 2 is 1.44 bits per heavy atom. The van der Waals surface area contributed by atoms with E-state index in [0.717, 1.165) is 46.9 Å². The molecule has 0 unspecified atom stereocenters. The largest absolute Gasteiger partial charge is 0.441 e. The van der Waals surface area contributed by atoms with Gasteiger partial charge in [0.2, 0.25) is 0 Å². The predicted molar refractivity (Wildman–Crippen MR) is 155 cm³/mol. The quantitative estimate of drug-likeness (QED) is 0.129. The molecule has 4 rings (SSSR count). The van der Waals surface area contributed by atoms with Gasteiger partial charge in [0, 0.05) is 10.8 Å². The van der Waals surface area contributed by atoms with E-state index in [4.69, 9.17) is 16.6 Å². The van der Waals surface area contributed by atoms with E-state index in [-0.39, 0.29) is 5.82 Å². The van der Waals surface area contributed by atoms with Crippen molar-refractivity contribution in [3.8, 4) is 0 Å². The first-order chi connectivity index (χ1) is 17.6. The molecule has 1 saturated carbocycles. The van der Waals surface area contributed by atoms with E-state index in [1.54, 1.807) is 0 Å². The molecule has 3 aromatic rings. The first-order valence-electron chi connectivity index (χ1n) is 14.8. The molecule has 2 aromatic carbocycles. The van der Waals surface area contributed by atoms with Crippen LogP contribution in [0.2, 0.25) is 0 Å². The molecule has 0 atom stereocenters. The SMILES string of the molecule is CCCCCCCCc1ccc2c(oc(=S)c3cc(C4CCC(CCCCCC)CC4)ccc32)c1F. The number of benzene rings is 2. The molecule has 1 aliphatic carbocycles. The second-order valence-corrected chi connectivity index (χ2v) is 11.6. The number of hydrogen-bond acceptors (Lipinski definition) is 2. The summed E-state index contributed by atoms with van der Waals surface area (Å²) in [7, 11) is 0. The number of halogens is 1. The Morgan fingerprint density at radius 3 is 2.19 bits per heavy atom. The summed E-state index contributed by atoms with van der Waals surface area (Å²) in [5, 5.41) is 2.81. The molecule has 0 N–H and O–H groups in total. The zero-order valence-electron chi connectivity index (χ0n) is 22.5. The Hall–Kier alpha value is -1.74. The molecular weight excluding hydrogens is 463 g/mol. The Bertz CT molecular complexity index is 1170. The number of unbranched alkanes of at least 4 members (excludes halogenated alkanes) is 8. The minimum absolute atomic E-state index is 0.226. The average Bonchev–Trinajstić information content (AvgIpc) is 2.90. The van der Waals surface area contributed by atoms with Gasteiger partial charge >= 0.3 is 0 Å². The predicted octanol–water partition coefficient (Wildman–Crippen LogP) is 11.6. The molecule has 1 fully saturated rings. The van der Waals surface area contributed by atoms with E-state index < -0.39 is 0 Å². The fraction of sp³-hybridized carbons (Fsp3) is 0.606. The van der Waals surface area contributed by atoms with Crippen molar-refractivity contribution in [3.05, 3.63) is 52.0 Å². The summed E-state index contributed by atoms with van der Waals surface area (Å²) < 4.78 is 21.8. The van der Waals surface area contributed by atoms with Crippen LogP contribution in [0.1, 0.15) is 127 Å². The first-order valence-corrected chi connectivity index (χ1v) is 15.2. The van der Waals surface area contributed by atoms with Gasteiger partial charge in [0.25, 0.3) is 0 Å². The van der Waals surface area contributed by atoms with Crippen LogP contribution in [0.15, 0.2) is 34.7 Å². The van der Waals surface area contributed by atoms with Crippen LogP contribution < -0.4 is 0 Å². The molecule has 0 amide bonds. The molecule has 1 nitrogen and oxygen atoms in total. The molecular formula is C33H45FOS. The van der Waals surface area contributed by atoms with E-state index in [2.05, 4.69) is 32.0 Å². The van der Waals surface area contributed by atoms with Gasteiger partial charge in [0.05, 0.1) is 0 Å². The van der Waals surface area contributed by atoms with Crippen molar-refractivity contribution in [2.75, 3.05) is 0 Å². The average molecular weight is 509 g/mol. The molecule has 196 valence electrons. The van der Waals surface area contributed by atoms with Crippen LogP contribution in [0.25, 0.3) is 21.7 Å². The van der Waals surface area contributed by atoms with Crippen molar-refractivity contribution in [1.82, 2.24) is 0 Å². The Labute approximate surface area is 222 Å². The zero-order valence-corrected chi connectivity index (χ0v) is 23.4. The van der Waals surface area contributed by atoms with Crippen molar-refractivity contribution in [2.45, 2.75) is 122 Å². The lowest BCUT2D eigenvalue weighted by atomic mass is 9.77. The molecule has 0 saturated heterocycles. The van der Waals surface area contributed by atoms with E-state index in [1.807, 2.05) is 12.1 Å². The summed E-state index contributed by atoms with van der Waals surface area (Å²) in [6.45, 7) is 4.51. The topological polar surface area (TPSA) is 13.1 Å². The maximum absolute atomic E-state index is 15.4. The molecule has 1 aliphatic rings. The fourth-order valence-corrected chi connectivity index (χ4v) is 6.46. The van der Waals surface area contributed by atoms with Gasteiger partial charge < -0.3 is 4.42 Å². The van der Waals surface area contributed by atoms with Gasteiger partial charge in [0.1, 0.15) is 0 Å².